The molecule has 2 rings (SSSR count). The van der Waals surface area contributed by atoms with Crippen molar-refractivity contribution < 1.29 is 4.79 Å². The molecule has 2 heterocycles. The van der Waals surface area contributed by atoms with Crippen LogP contribution in [0.5, 0.6) is 0 Å². The minimum absolute atomic E-state index is 0.0451. The SMILES string of the molecule is CC(=O)N(C)c1cc(C)cn2cccc12. The van der Waals surface area contributed by atoms with E-state index < -0.39 is 0 Å². The molecule has 2 aromatic rings. The minimum atomic E-state index is 0.0451. The van der Waals surface area contributed by atoms with E-state index in [0.717, 1.165) is 16.8 Å². The lowest BCUT2D eigenvalue weighted by molar-refractivity contribution is -0.116. The number of nitrogens with zero attached hydrogens (tertiary/aromatic N) is 2. The Hall–Kier alpha value is -1.77. The molecule has 1 amide bonds. The van der Waals surface area contributed by atoms with E-state index in [2.05, 4.69) is 0 Å². The van der Waals surface area contributed by atoms with Crippen LogP contribution in [0.15, 0.2) is 30.6 Å². The molecular formula is C12H14N2O. The Morgan fingerprint density at radius 3 is 2.87 bits per heavy atom. The lowest BCUT2D eigenvalue weighted by Gasteiger charge is -2.17. The Morgan fingerprint density at radius 1 is 1.47 bits per heavy atom. The van der Waals surface area contributed by atoms with E-state index in [1.807, 2.05) is 41.9 Å². The zero-order valence-electron chi connectivity index (χ0n) is 9.19. The first-order chi connectivity index (χ1) is 7.09. The van der Waals surface area contributed by atoms with Crippen LogP contribution in [0.25, 0.3) is 5.52 Å². The highest BCUT2D eigenvalue weighted by molar-refractivity contribution is 5.95. The number of hydrogen-bond acceptors (Lipinski definition) is 1. The molecule has 0 N–H and O–H groups in total. The average Bonchev–Trinajstić information content (AvgIpc) is 2.62. The number of aromatic nitrogens is 1. The van der Waals surface area contributed by atoms with Gasteiger partial charge in [0.2, 0.25) is 5.91 Å². The van der Waals surface area contributed by atoms with Crippen LogP contribution < -0.4 is 4.90 Å². The standard InChI is InChI=1S/C12H14N2O/c1-9-7-12(13(3)10(2)15)11-5-4-6-14(11)8-9/h4-8H,1-3H3. The highest BCUT2D eigenvalue weighted by Gasteiger charge is 2.10. The van der Waals surface area contributed by atoms with Gasteiger partial charge in [-0.2, -0.15) is 0 Å². The first-order valence-corrected chi connectivity index (χ1v) is 4.91. The van der Waals surface area contributed by atoms with Crippen molar-refractivity contribution in [2.45, 2.75) is 13.8 Å². The fourth-order valence-electron chi connectivity index (χ4n) is 1.71. The number of amides is 1. The first kappa shape index (κ1) is 9.77. The zero-order valence-corrected chi connectivity index (χ0v) is 9.19. The summed E-state index contributed by atoms with van der Waals surface area (Å²) in [6, 6.07) is 6.01. The molecule has 0 fully saturated rings. The zero-order chi connectivity index (χ0) is 11.0. The number of hydrogen-bond donors (Lipinski definition) is 0. The third-order valence-corrected chi connectivity index (χ3v) is 2.58. The molecule has 0 unspecified atom stereocenters. The van der Waals surface area contributed by atoms with Crippen molar-refractivity contribution in [2.24, 2.45) is 0 Å². The number of pyridine rings is 1. The third kappa shape index (κ3) is 1.61. The maximum atomic E-state index is 11.3. The van der Waals surface area contributed by atoms with Crippen molar-refractivity contribution in [1.82, 2.24) is 4.40 Å². The second-order valence-electron chi connectivity index (χ2n) is 3.78. The summed E-state index contributed by atoms with van der Waals surface area (Å²) in [5.41, 5.74) is 3.15. The van der Waals surface area contributed by atoms with Crippen LogP contribution in [-0.4, -0.2) is 17.4 Å². The third-order valence-electron chi connectivity index (χ3n) is 2.58. The minimum Gasteiger partial charge on any atom is -0.322 e. The number of rotatable bonds is 1. The molecule has 15 heavy (non-hydrogen) atoms. The van der Waals surface area contributed by atoms with Gasteiger partial charge in [0.1, 0.15) is 0 Å². The van der Waals surface area contributed by atoms with Gasteiger partial charge in [-0.3, -0.25) is 4.79 Å². The second kappa shape index (κ2) is 3.42. The molecule has 0 bridgehead atoms. The molecule has 0 atom stereocenters. The van der Waals surface area contributed by atoms with Gasteiger partial charge in [0.15, 0.2) is 0 Å². The van der Waals surface area contributed by atoms with Crippen molar-refractivity contribution >= 4 is 17.1 Å². The predicted octanol–water partition coefficient (Wildman–Crippen LogP) is 2.23. The van der Waals surface area contributed by atoms with E-state index in [1.165, 1.54) is 0 Å². The van der Waals surface area contributed by atoms with Gasteiger partial charge in [-0.25, -0.2) is 0 Å². The number of carbonyl (C=O) groups excluding carboxylic acids is 1. The molecule has 0 aromatic carbocycles. The Labute approximate surface area is 88.9 Å². The summed E-state index contributed by atoms with van der Waals surface area (Å²) in [6.07, 6.45) is 4.03. The van der Waals surface area contributed by atoms with E-state index in [9.17, 15) is 4.79 Å². The molecule has 2 aromatic heterocycles. The fourth-order valence-corrected chi connectivity index (χ4v) is 1.71. The highest BCUT2D eigenvalue weighted by atomic mass is 16.2. The van der Waals surface area contributed by atoms with Crippen molar-refractivity contribution in [3.8, 4) is 0 Å². The van der Waals surface area contributed by atoms with Crippen molar-refractivity contribution in [3.63, 3.8) is 0 Å². The number of aryl methyl sites for hydroxylation is 1. The Balaban J connectivity index is 2.67. The normalized spacial score (nSPS) is 10.6. The van der Waals surface area contributed by atoms with Crippen LogP contribution in [0, 0.1) is 6.92 Å². The summed E-state index contributed by atoms with van der Waals surface area (Å²) >= 11 is 0. The molecule has 0 saturated carbocycles. The molecule has 3 heteroatoms. The second-order valence-corrected chi connectivity index (χ2v) is 3.78. The first-order valence-electron chi connectivity index (χ1n) is 4.91. The molecule has 0 spiro atoms. The van der Waals surface area contributed by atoms with Crippen LogP contribution in [0.4, 0.5) is 5.69 Å². The largest absolute Gasteiger partial charge is 0.322 e. The summed E-state index contributed by atoms with van der Waals surface area (Å²) in [7, 11) is 1.80. The van der Waals surface area contributed by atoms with E-state index >= 15 is 0 Å². The maximum absolute atomic E-state index is 11.3. The van der Waals surface area contributed by atoms with Gasteiger partial charge in [-0.15, -0.1) is 0 Å². The molecule has 78 valence electrons. The van der Waals surface area contributed by atoms with Gasteiger partial charge in [0.25, 0.3) is 0 Å². The summed E-state index contributed by atoms with van der Waals surface area (Å²) in [5.74, 6) is 0.0451. The quantitative estimate of drug-likeness (QED) is 0.696. The van der Waals surface area contributed by atoms with Gasteiger partial charge in [-0.1, -0.05) is 0 Å². The molecule has 0 radical (unpaired) electrons. The van der Waals surface area contributed by atoms with E-state index in [0.29, 0.717) is 0 Å². The van der Waals surface area contributed by atoms with Gasteiger partial charge < -0.3 is 9.30 Å². The Morgan fingerprint density at radius 2 is 2.20 bits per heavy atom. The van der Waals surface area contributed by atoms with Crippen LogP contribution in [0.3, 0.4) is 0 Å². The summed E-state index contributed by atoms with van der Waals surface area (Å²) in [6.45, 7) is 3.60. The van der Waals surface area contributed by atoms with E-state index in [4.69, 9.17) is 0 Å². The van der Waals surface area contributed by atoms with E-state index in [-0.39, 0.29) is 5.91 Å². The summed E-state index contributed by atoms with van der Waals surface area (Å²) < 4.78 is 2.03. The van der Waals surface area contributed by atoms with E-state index in [1.54, 1.807) is 18.9 Å². The van der Waals surface area contributed by atoms with Crippen molar-refractivity contribution in [3.05, 3.63) is 36.2 Å². The molecular weight excluding hydrogens is 188 g/mol. The lowest BCUT2D eigenvalue weighted by atomic mass is 10.2. The monoisotopic (exact) mass is 202 g/mol. The average molecular weight is 202 g/mol. The van der Waals surface area contributed by atoms with Crippen molar-refractivity contribution in [2.75, 3.05) is 11.9 Å². The van der Waals surface area contributed by atoms with Crippen molar-refractivity contribution in [1.29, 1.82) is 0 Å². The van der Waals surface area contributed by atoms with Crippen LogP contribution in [0.2, 0.25) is 0 Å². The van der Waals surface area contributed by atoms with Gasteiger partial charge in [0.05, 0.1) is 11.2 Å². The van der Waals surface area contributed by atoms with Crippen LogP contribution >= 0.6 is 0 Å². The molecule has 0 saturated heterocycles. The molecule has 0 aliphatic carbocycles. The topological polar surface area (TPSA) is 24.7 Å². The number of carbonyl (C=O) groups is 1. The van der Waals surface area contributed by atoms with Crippen LogP contribution in [0.1, 0.15) is 12.5 Å². The number of fused-ring (bicyclic) bond motifs is 1. The lowest BCUT2D eigenvalue weighted by Crippen LogP contribution is -2.23. The summed E-state index contributed by atoms with van der Waals surface area (Å²) in [4.78, 5) is 13.0. The van der Waals surface area contributed by atoms with Gasteiger partial charge >= 0.3 is 0 Å². The Bertz CT molecular complexity index is 513. The molecule has 0 aliphatic heterocycles. The maximum Gasteiger partial charge on any atom is 0.223 e. The summed E-state index contributed by atoms with van der Waals surface area (Å²) in [5, 5.41) is 0. The molecule has 0 aliphatic rings. The van der Waals surface area contributed by atoms with Crippen LogP contribution in [-0.2, 0) is 4.79 Å². The van der Waals surface area contributed by atoms with Gasteiger partial charge in [-0.05, 0) is 30.7 Å². The number of anilines is 1. The smallest absolute Gasteiger partial charge is 0.223 e. The Kier molecular flexibility index (Phi) is 2.23. The highest BCUT2D eigenvalue weighted by Crippen LogP contribution is 2.22. The fraction of sp³-hybridized carbons (Fsp3) is 0.250. The predicted molar refractivity (Wildman–Crippen MR) is 61.2 cm³/mol. The molecule has 3 nitrogen and oxygen atoms in total. The van der Waals surface area contributed by atoms with Gasteiger partial charge in [0, 0.05) is 26.4 Å².